The maximum absolute atomic E-state index is 11.7. The van der Waals surface area contributed by atoms with Crippen LogP contribution in [-0.2, 0) is 9.59 Å². The molecule has 1 amide bonds. The van der Waals surface area contributed by atoms with E-state index in [1.54, 1.807) is 4.90 Å². The Morgan fingerprint density at radius 1 is 1.38 bits per heavy atom. The lowest BCUT2D eigenvalue weighted by molar-refractivity contribution is -0.138. The van der Waals surface area contributed by atoms with Crippen molar-refractivity contribution in [1.29, 1.82) is 0 Å². The topological polar surface area (TPSA) is 57.6 Å². The van der Waals surface area contributed by atoms with E-state index in [4.69, 9.17) is 5.11 Å². The van der Waals surface area contributed by atoms with E-state index in [2.05, 4.69) is 0 Å². The average Bonchev–Trinajstić information content (AvgIpc) is 2.09. The molecule has 0 heterocycles. The lowest BCUT2D eigenvalue weighted by atomic mass is 9.85. The number of carbonyl (C=O) groups excluding carboxylic acids is 1. The van der Waals surface area contributed by atoms with Crippen molar-refractivity contribution in [3.05, 3.63) is 0 Å². The Morgan fingerprint density at radius 3 is 2.44 bits per heavy atom. The molecule has 0 aromatic carbocycles. The Bertz CT molecular complexity index is 261. The van der Waals surface area contributed by atoms with E-state index < -0.39 is 5.97 Å². The van der Waals surface area contributed by atoms with Crippen LogP contribution in [0.5, 0.6) is 0 Å². The predicted octanol–water partition coefficient (Wildman–Crippen LogP) is 1.75. The van der Waals surface area contributed by atoms with Gasteiger partial charge in [0.05, 0.1) is 0 Å². The molecule has 16 heavy (non-hydrogen) atoms. The molecule has 0 saturated heterocycles. The van der Waals surface area contributed by atoms with E-state index in [-0.39, 0.29) is 18.2 Å². The Labute approximate surface area is 96.6 Å². The highest BCUT2D eigenvalue weighted by molar-refractivity contribution is 5.77. The minimum absolute atomic E-state index is 0.0700. The fraction of sp³-hybridized carbons (Fsp3) is 0.833. The molecule has 4 heteroatoms. The van der Waals surface area contributed by atoms with Gasteiger partial charge in [0, 0.05) is 26.4 Å². The van der Waals surface area contributed by atoms with Crippen molar-refractivity contribution in [1.82, 2.24) is 4.90 Å². The molecular formula is C12H21NO3. The van der Waals surface area contributed by atoms with Crippen LogP contribution in [0.3, 0.4) is 0 Å². The highest BCUT2D eigenvalue weighted by atomic mass is 16.4. The first-order chi connectivity index (χ1) is 7.49. The first-order valence-electron chi connectivity index (χ1n) is 5.94. The molecule has 1 fully saturated rings. The van der Waals surface area contributed by atoms with Crippen molar-refractivity contribution in [2.75, 3.05) is 13.6 Å². The van der Waals surface area contributed by atoms with Gasteiger partial charge >= 0.3 is 5.97 Å². The van der Waals surface area contributed by atoms with Crippen LogP contribution in [0.25, 0.3) is 0 Å². The van der Waals surface area contributed by atoms with Crippen LogP contribution in [0.4, 0.5) is 0 Å². The second kappa shape index (κ2) is 5.87. The van der Waals surface area contributed by atoms with E-state index in [1.165, 1.54) is 19.3 Å². The van der Waals surface area contributed by atoms with Crippen molar-refractivity contribution < 1.29 is 14.7 Å². The summed E-state index contributed by atoms with van der Waals surface area (Å²) in [5.41, 5.74) is 0. The summed E-state index contributed by atoms with van der Waals surface area (Å²) in [6.07, 6.45) is 4.14. The highest BCUT2D eigenvalue weighted by Crippen LogP contribution is 2.27. The Kier molecular flexibility index (Phi) is 4.77. The second-order valence-electron chi connectivity index (χ2n) is 4.98. The molecule has 1 aliphatic rings. The molecule has 0 spiro atoms. The van der Waals surface area contributed by atoms with Crippen LogP contribution in [0.1, 0.15) is 39.0 Å². The third-order valence-corrected chi connectivity index (χ3v) is 3.23. The van der Waals surface area contributed by atoms with Crippen molar-refractivity contribution in [3.63, 3.8) is 0 Å². The number of carbonyl (C=O) groups is 2. The maximum atomic E-state index is 11.7. The summed E-state index contributed by atoms with van der Waals surface area (Å²) in [5.74, 6) is -0.167. The van der Waals surface area contributed by atoms with E-state index in [9.17, 15) is 9.59 Å². The summed E-state index contributed by atoms with van der Waals surface area (Å²) in [6, 6.07) is 0. The van der Waals surface area contributed by atoms with Crippen LogP contribution in [0, 0.1) is 11.8 Å². The van der Waals surface area contributed by atoms with Gasteiger partial charge in [0.15, 0.2) is 0 Å². The number of nitrogens with zero attached hydrogens (tertiary/aromatic N) is 1. The molecule has 1 aliphatic carbocycles. The molecule has 1 rings (SSSR count). The molecule has 0 radical (unpaired) electrons. The third kappa shape index (κ3) is 4.21. The Balaban J connectivity index is 2.24. The normalized spacial score (nSPS) is 17.6. The maximum Gasteiger partial charge on any atom is 0.303 e. The standard InChI is InChI=1S/C12H21NO3/c1-9(7-12(15)16)6-11(14)13(2)8-10-4-3-5-10/h9-10H,3-8H2,1-2H3,(H,15,16). The van der Waals surface area contributed by atoms with Gasteiger partial charge < -0.3 is 10.0 Å². The van der Waals surface area contributed by atoms with E-state index in [0.717, 1.165) is 6.54 Å². The van der Waals surface area contributed by atoms with Crippen LogP contribution in [-0.4, -0.2) is 35.5 Å². The highest BCUT2D eigenvalue weighted by Gasteiger charge is 2.22. The van der Waals surface area contributed by atoms with Gasteiger partial charge in [0.2, 0.25) is 5.91 Å². The zero-order valence-corrected chi connectivity index (χ0v) is 10.1. The molecule has 1 saturated carbocycles. The summed E-state index contributed by atoms with van der Waals surface area (Å²) in [6.45, 7) is 2.64. The summed E-state index contributed by atoms with van der Waals surface area (Å²) in [7, 11) is 1.81. The average molecular weight is 227 g/mol. The van der Waals surface area contributed by atoms with Crippen molar-refractivity contribution in [2.45, 2.75) is 39.0 Å². The van der Waals surface area contributed by atoms with Crippen LogP contribution in [0.15, 0.2) is 0 Å². The van der Waals surface area contributed by atoms with Crippen molar-refractivity contribution in [2.24, 2.45) is 11.8 Å². The van der Waals surface area contributed by atoms with Gasteiger partial charge in [-0.25, -0.2) is 0 Å². The molecule has 92 valence electrons. The monoisotopic (exact) mass is 227 g/mol. The minimum Gasteiger partial charge on any atom is -0.481 e. The Morgan fingerprint density at radius 2 is 2.00 bits per heavy atom. The van der Waals surface area contributed by atoms with Crippen LogP contribution >= 0.6 is 0 Å². The quantitative estimate of drug-likeness (QED) is 0.752. The SMILES string of the molecule is CC(CC(=O)O)CC(=O)N(C)CC1CCC1. The van der Waals surface area contributed by atoms with Gasteiger partial charge in [-0.2, -0.15) is 0 Å². The van der Waals surface area contributed by atoms with E-state index >= 15 is 0 Å². The third-order valence-electron chi connectivity index (χ3n) is 3.23. The number of rotatable bonds is 6. The molecule has 1 unspecified atom stereocenters. The zero-order chi connectivity index (χ0) is 12.1. The summed E-state index contributed by atoms with van der Waals surface area (Å²) < 4.78 is 0. The molecule has 4 nitrogen and oxygen atoms in total. The summed E-state index contributed by atoms with van der Waals surface area (Å²) in [5, 5.41) is 8.60. The summed E-state index contributed by atoms with van der Waals surface area (Å²) in [4.78, 5) is 24.0. The van der Waals surface area contributed by atoms with Gasteiger partial charge in [-0.05, 0) is 24.7 Å². The van der Waals surface area contributed by atoms with Gasteiger partial charge in [0.1, 0.15) is 0 Å². The largest absolute Gasteiger partial charge is 0.481 e. The zero-order valence-electron chi connectivity index (χ0n) is 10.1. The molecule has 0 aromatic heterocycles. The van der Waals surface area contributed by atoms with Crippen molar-refractivity contribution >= 4 is 11.9 Å². The number of carboxylic acids is 1. The number of hydrogen-bond donors (Lipinski definition) is 1. The summed E-state index contributed by atoms with van der Waals surface area (Å²) >= 11 is 0. The number of amides is 1. The smallest absolute Gasteiger partial charge is 0.303 e. The van der Waals surface area contributed by atoms with E-state index in [1.807, 2.05) is 14.0 Å². The fourth-order valence-electron chi connectivity index (χ4n) is 1.99. The van der Waals surface area contributed by atoms with Crippen molar-refractivity contribution in [3.8, 4) is 0 Å². The second-order valence-corrected chi connectivity index (χ2v) is 4.98. The number of carboxylic acid groups (broad SMARTS) is 1. The van der Waals surface area contributed by atoms with Gasteiger partial charge in [-0.3, -0.25) is 9.59 Å². The predicted molar refractivity (Wildman–Crippen MR) is 61.0 cm³/mol. The molecule has 0 bridgehead atoms. The number of hydrogen-bond acceptors (Lipinski definition) is 2. The van der Waals surface area contributed by atoms with Gasteiger partial charge in [-0.15, -0.1) is 0 Å². The first-order valence-corrected chi connectivity index (χ1v) is 5.94. The first kappa shape index (κ1) is 13.0. The minimum atomic E-state index is -0.832. The molecule has 1 atom stereocenters. The lowest BCUT2D eigenvalue weighted by Crippen LogP contribution is -2.35. The molecule has 0 aromatic rings. The fourth-order valence-corrected chi connectivity index (χ4v) is 1.99. The Hall–Kier alpha value is -1.06. The lowest BCUT2D eigenvalue weighted by Gasteiger charge is -2.30. The molecular weight excluding hydrogens is 206 g/mol. The van der Waals surface area contributed by atoms with Crippen LogP contribution in [0.2, 0.25) is 0 Å². The van der Waals surface area contributed by atoms with E-state index in [0.29, 0.717) is 12.3 Å². The van der Waals surface area contributed by atoms with Gasteiger partial charge in [0.25, 0.3) is 0 Å². The molecule has 0 aliphatic heterocycles. The van der Waals surface area contributed by atoms with Crippen LogP contribution < -0.4 is 0 Å². The van der Waals surface area contributed by atoms with Gasteiger partial charge in [-0.1, -0.05) is 13.3 Å². The molecule has 1 N–H and O–H groups in total. The number of aliphatic carboxylic acids is 1.